The zero-order valence-corrected chi connectivity index (χ0v) is 10.5. The van der Waals surface area contributed by atoms with Crippen LogP contribution < -0.4 is 0 Å². The van der Waals surface area contributed by atoms with Crippen LogP contribution in [-0.4, -0.2) is 16.9 Å². The summed E-state index contributed by atoms with van der Waals surface area (Å²) in [7, 11) is 0. The zero-order valence-electron chi connectivity index (χ0n) is 9.69. The number of Topliss-reactive ketones (excluding diaryl/α,β-unsaturated/α-hetero) is 1. The van der Waals surface area contributed by atoms with Crippen molar-refractivity contribution in [1.82, 2.24) is 0 Å². The summed E-state index contributed by atoms with van der Waals surface area (Å²) in [5, 5.41) is 8.84. The summed E-state index contributed by atoms with van der Waals surface area (Å²) in [6.07, 6.45) is 0.489. The second kappa shape index (κ2) is 5.25. The lowest BCUT2D eigenvalue weighted by atomic mass is 9.89. The number of carboxylic acid groups (broad SMARTS) is 1. The van der Waals surface area contributed by atoms with Gasteiger partial charge in [-0.25, -0.2) is 4.79 Å². The quantitative estimate of drug-likeness (QED) is 0.860. The highest BCUT2D eigenvalue weighted by molar-refractivity contribution is 7.14. The van der Waals surface area contributed by atoms with E-state index < -0.39 is 5.97 Å². The molecular weight excluding hydrogens is 224 g/mol. The normalized spacial score (nSPS) is 12.8. The van der Waals surface area contributed by atoms with E-state index in [-0.39, 0.29) is 17.6 Å². The van der Waals surface area contributed by atoms with Crippen molar-refractivity contribution in [1.29, 1.82) is 0 Å². The molecule has 0 unspecified atom stereocenters. The van der Waals surface area contributed by atoms with E-state index in [1.165, 1.54) is 11.3 Å². The van der Waals surface area contributed by atoms with E-state index in [1.54, 1.807) is 12.1 Å². The minimum atomic E-state index is -0.928. The zero-order chi connectivity index (χ0) is 12.3. The van der Waals surface area contributed by atoms with Crippen LogP contribution in [0.15, 0.2) is 12.1 Å². The second-order valence-corrected chi connectivity index (χ2v) is 5.16. The van der Waals surface area contributed by atoms with Gasteiger partial charge in [0.05, 0.1) is 5.92 Å². The molecule has 1 aromatic rings. The SMILES string of the molecule is CCC(=O)[C@@H](c1ccc(C(=O)O)s1)C(C)C. The van der Waals surface area contributed by atoms with Gasteiger partial charge in [0.1, 0.15) is 10.7 Å². The Bertz CT molecular complexity index is 393. The largest absolute Gasteiger partial charge is 0.477 e. The van der Waals surface area contributed by atoms with E-state index in [4.69, 9.17) is 5.11 Å². The van der Waals surface area contributed by atoms with Crippen molar-refractivity contribution in [2.45, 2.75) is 33.1 Å². The van der Waals surface area contributed by atoms with E-state index in [0.29, 0.717) is 11.3 Å². The first-order valence-corrected chi connectivity index (χ1v) is 6.14. The van der Waals surface area contributed by atoms with Gasteiger partial charge < -0.3 is 5.11 Å². The maximum atomic E-state index is 11.8. The average molecular weight is 240 g/mol. The first kappa shape index (κ1) is 12.9. The molecule has 16 heavy (non-hydrogen) atoms. The predicted octanol–water partition coefficient (Wildman–Crippen LogP) is 3.17. The molecular formula is C12H16O3S. The highest BCUT2D eigenvalue weighted by Gasteiger charge is 2.24. The molecule has 0 saturated carbocycles. The van der Waals surface area contributed by atoms with Crippen LogP contribution in [-0.2, 0) is 4.79 Å². The Morgan fingerprint density at radius 2 is 2.00 bits per heavy atom. The number of ketones is 1. The molecule has 0 spiro atoms. The maximum absolute atomic E-state index is 11.8. The third kappa shape index (κ3) is 2.70. The Labute approximate surface area is 99.1 Å². The summed E-state index contributed by atoms with van der Waals surface area (Å²) >= 11 is 1.20. The first-order valence-electron chi connectivity index (χ1n) is 5.33. The molecule has 0 aliphatic carbocycles. The number of hydrogen-bond donors (Lipinski definition) is 1. The lowest BCUT2D eigenvalue weighted by molar-refractivity contribution is -0.121. The molecule has 0 aromatic carbocycles. The minimum absolute atomic E-state index is 0.164. The molecule has 4 heteroatoms. The average Bonchev–Trinajstić information content (AvgIpc) is 2.66. The van der Waals surface area contributed by atoms with Crippen molar-refractivity contribution in [3.63, 3.8) is 0 Å². The van der Waals surface area contributed by atoms with E-state index in [2.05, 4.69) is 0 Å². The molecule has 1 atom stereocenters. The molecule has 1 rings (SSSR count). The van der Waals surface area contributed by atoms with Gasteiger partial charge in [-0.15, -0.1) is 11.3 Å². The number of aromatic carboxylic acids is 1. The van der Waals surface area contributed by atoms with Crippen molar-refractivity contribution in [2.75, 3.05) is 0 Å². The van der Waals surface area contributed by atoms with Crippen molar-refractivity contribution in [3.05, 3.63) is 21.9 Å². The molecule has 0 radical (unpaired) electrons. The van der Waals surface area contributed by atoms with Crippen LogP contribution in [0.1, 0.15) is 47.7 Å². The fourth-order valence-electron chi connectivity index (χ4n) is 1.71. The van der Waals surface area contributed by atoms with E-state index in [0.717, 1.165) is 4.88 Å². The van der Waals surface area contributed by atoms with Crippen molar-refractivity contribution < 1.29 is 14.7 Å². The number of thiophene rings is 1. The van der Waals surface area contributed by atoms with Crippen LogP contribution in [0.2, 0.25) is 0 Å². The van der Waals surface area contributed by atoms with Crippen molar-refractivity contribution in [2.24, 2.45) is 5.92 Å². The summed E-state index contributed by atoms with van der Waals surface area (Å²) in [5.74, 6) is -0.715. The van der Waals surface area contributed by atoms with Gasteiger partial charge in [0.2, 0.25) is 0 Å². The Balaban J connectivity index is 3.02. The van der Waals surface area contributed by atoms with E-state index in [1.807, 2.05) is 20.8 Å². The molecule has 1 heterocycles. The third-order valence-electron chi connectivity index (χ3n) is 2.51. The van der Waals surface area contributed by atoms with Crippen LogP contribution >= 0.6 is 11.3 Å². The molecule has 1 N–H and O–H groups in total. The molecule has 0 amide bonds. The number of rotatable bonds is 5. The van der Waals surface area contributed by atoms with Gasteiger partial charge in [0, 0.05) is 11.3 Å². The Morgan fingerprint density at radius 1 is 1.38 bits per heavy atom. The summed E-state index contributed by atoms with van der Waals surface area (Å²) in [6, 6.07) is 3.33. The van der Waals surface area contributed by atoms with Crippen LogP contribution in [0.25, 0.3) is 0 Å². The standard InChI is InChI=1S/C12H16O3S/c1-4-8(13)11(7(2)3)9-5-6-10(16-9)12(14)15/h5-7,11H,4H2,1-3H3,(H,14,15)/t11-/m0/s1. The number of carboxylic acids is 1. The molecule has 3 nitrogen and oxygen atoms in total. The van der Waals surface area contributed by atoms with Crippen LogP contribution in [0.3, 0.4) is 0 Å². The van der Waals surface area contributed by atoms with Gasteiger partial charge in [-0.2, -0.15) is 0 Å². The molecule has 88 valence electrons. The topological polar surface area (TPSA) is 54.4 Å². The summed E-state index contributed by atoms with van der Waals surface area (Å²) in [6.45, 7) is 5.81. The van der Waals surface area contributed by atoms with Crippen molar-refractivity contribution >= 4 is 23.1 Å². The molecule has 0 bridgehead atoms. The van der Waals surface area contributed by atoms with E-state index in [9.17, 15) is 9.59 Å². The third-order valence-corrected chi connectivity index (χ3v) is 3.66. The minimum Gasteiger partial charge on any atom is -0.477 e. The summed E-state index contributed by atoms with van der Waals surface area (Å²) in [5.41, 5.74) is 0. The Kier molecular flexibility index (Phi) is 4.24. The second-order valence-electron chi connectivity index (χ2n) is 4.05. The number of carbonyl (C=O) groups excluding carboxylic acids is 1. The molecule has 0 saturated heterocycles. The molecule has 0 fully saturated rings. The van der Waals surface area contributed by atoms with Crippen LogP contribution in [0.4, 0.5) is 0 Å². The lowest BCUT2D eigenvalue weighted by Gasteiger charge is -2.17. The highest BCUT2D eigenvalue weighted by Crippen LogP contribution is 2.32. The maximum Gasteiger partial charge on any atom is 0.345 e. The fourth-order valence-corrected chi connectivity index (χ4v) is 2.86. The predicted molar refractivity (Wildman–Crippen MR) is 64.2 cm³/mol. The monoisotopic (exact) mass is 240 g/mol. The first-order chi connectivity index (χ1) is 7.47. The lowest BCUT2D eigenvalue weighted by Crippen LogP contribution is -2.16. The summed E-state index contributed by atoms with van der Waals surface area (Å²) in [4.78, 5) is 23.7. The molecule has 0 aliphatic heterocycles. The Morgan fingerprint density at radius 3 is 2.38 bits per heavy atom. The van der Waals surface area contributed by atoms with Gasteiger partial charge in [-0.05, 0) is 18.1 Å². The van der Waals surface area contributed by atoms with Gasteiger partial charge in [0.25, 0.3) is 0 Å². The van der Waals surface area contributed by atoms with Gasteiger partial charge in [-0.3, -0.25) is 4.79 Å². The van der Waals surface area contributed by atoms with Gasteiger partial charge >= 0.3 is 5.97 Å². The van der Waals surface area contributed by atoms with E-state index >= 15 is 0 Å². The smallest absolute Gasteiger partial charge is 0.345 e. The van der Waals surface area contributed by atoms with Gasteiger partial charge in [-0.1, -0.05) is 20.8 Å². The molecule has 0 aliphatic rings. The van der Waals surface area contributed by atoms with Crippen molar-refractivity contribution in [3.8, 4) is 0 Å². The number of hydrogen-bond acceptors (Lipinski definition) is 3. The summed E-state index contributed by atoms with van der Waals surface area (Å²) < 4.78 is 0. The Hall–Kier alpha value is -1.16. The fraction of sp³-hybridized carbons (Fsp3) is 0.500. The van der Waals surface area contributed by atoms with Crippen LogP contribution in [0, 0.1) is 5.92 Å². The molecule has 1 aromatic heterocycles. The van der Waals surface area contributed by atoms with Crippen LogP contribution in [0.5, 0.6) is 0 Å². The highest BCUT2D eigenvalue weighted by atomic mass is 32.1. The van der Waals surface area contributed by atoms with Gasteiger partial charge in [0.15, 0.2) is 0 Å². The number of carbonyl (C=O) groups is 2.